The minimum Gasteiger partial charge on any atom is -0.478 e. The second-order valence-electron chi connectivity index (χ2n) is 5.34. The van der Waals surface area contributed by atoms with Gasteiger partial charge >= 0.3 is 5.97 Å². The molecule has 0 saturated heterocycles. The van der Waals surface area contributed by atoms with Gasteiger partial charge in [0.2, 0.25) is 5.82 Å². The highest BCUT2D eigenvalue weighted by Crippen LogP contribution is 2.35. The zero-order valence-corrected chi connectivity index (χ0v) is 11.8. The minimum atomic E-state index is -1.42. The third-order valence-electron chi connectivity index (χ3n) is 3.60. The van der Waals surface area contributed by atoms with E-state index in [1.54, 1.807) is 0 Å². The first-order chi connectivity index (χ1) is 10.9. The summed E-state index contributed by atoms with van der Waals surface area (Å²) in [5.41, 5.74) is -1.95. The molecule has 5 nitrogen and oxygen atoms in total. The number of pyridine rings is 1. The normalized spacial score (nSPS) is 13.8. The van der Waals surface area contributed by atoms with E-state index in [0.29, 0.717) is 12.8 Å². The number of aromatic carboxylic acids is 1. The number of halogens is 2. The van der Waals surface area contributed by atoms with E-state index in [1.807, 2.05) is 0 Å². The van der Waals surface area contributed by atoms with Crippen LogP contribution in [0.2, 0.25) is 0 Å². The molecule has 1 saturated carbocycles. The molecule has 1 aliphatic carbocycles. The number of carbonyl (C=O) groups is 1. The first kappa shape index (κ1) is 15.3. The van der Waals surface area contributed by atoms with Crippen LogP contribution in [0.25, 0.3) is 0 Å². The summed E-state index contributed by atoms with van der Waals surface area (Å²) in [6.45, 7) is 0. The van der Waals surface area contributed by atoms with E-state index in [2.05, 4.69) is 5.32 Å². The third kappa shape index (κ3) is 2.84. The van der Waals surface area contributed by atoms with Crippen LogP contribution in [0, 0.1) is 11.6 Å². The van der Waals surface area contributed by atoms with Crippen molar-refractivity contribution in [1.29, 1.82) is 0 Å². The number of hydrogen-bond donors (Lipinski definition) is 2. The van der Waals surface area contributed by atoms with Gasteiger partial charge in [0.05, 0.1) is 11.4 Å². The minimum absolute atomic E-state index is 0.163. The molecule has 1 aromatic heterocycles. The highest BCUT2D eigenvalue weighted by atomic mass is 19.1. The number of aromatic nitrogens is 1. The standard InChI is InChI=1S/C15H11BF2N2O3/c16-7-1-4-11(10(17)5-7)19-13-9(15(22)23)6-20(8-2-3-8)14(21)12(13)18/h1,4-6,8,19H,2-3H2,(H,22,23). The largest absolute Gasteiger partial charge is 0.478 e. The third-order valence-corrected chi connectivity index (χ3v) is 3.60. The fraction of sp³-hybridized carbons (Fsp3) is 0.200. The van der Waals surface area contributed by atoms with Crippen LogP contribution in [-0.4, -0.2) is 23.5 Å². The Kier molecular flexibility index (Phi) is 3.67. The van der Waals surface area contributed by atoms with Gasteiger partial charge in [0.1, 0.15) is 19.2 Å². The highest BCUT2D eigenvalue weighted by molar-refractivity contribution is 6.32. The Morgan fingerprint density at radius 1 is 1.35 bits per heavy atom. The first-order valence-corrected chi connectivity index (χ1v) is 6.88. The molecule has 0 spiro atoms. The molecule has 2 aromatic rings. The van der Waals surface area contributed by atoms with Crippen molar-refractivity contribution in [2.45, 2.75) is 18.9 Å². The van der Waals surface area contributed by atoms with Crippen molar-refractivity contribution in [2.24, 2.45) is 0 Å². The summed E-state index contributed by atoms with van der Waals surface area (Å²) in [6.07, 6.45) is 2.47. The number of nitrogens with zero attached hydrogens (tertiary/aromatic N) is 1. The van der Waals surface area contributed by atoms with Crippen LogP contribution in [0.15, 0.2) is 29.2 Å². The van der Waals surface area contributed by atoms with E-state index in [9.17, 15) is 23.5 Å². The van der Waals surface area contributed by atoms with Crippen molar-refractivity contribution in [1.82, 2.24) is 4.57 Å². The summed E-state index contributed by atoms with van der Waals surface area (Å²) >= 11 is 0. The predicted octanol–water partition coefficient (Wildman–Crippen LogP) is 1.70. The van der Waals surface area contributed by atoms with E-state index in [0.717, 1.165) is 16.8 Å². The fourth-order valence-electron chi connectivity index (χ4n) is 2.28. The maximum absolute atomic E-state index is 14.4. The molecule has 1 fully saturated rings. The molecule has 1 heterocycles. The average Bonchev–Trinajstić information content (AvgIpc) is 3.31. The van der Waals surface area contributed by atoms with Crippen LogP contribution in [0.5, 0.6) is 0 Å². The lowest BCUT2D eigenvalue weighted by Crippen LogP contribution is -2.26. The predicted molar refractivity (Wildman–Crippen MR) is 81.0 cm³/mol. The Morgan fingerprint density at radius 2 is 2.04 bits per heavy atom. The average molecular weight is 316 g/mol. The smallest absolute Gasteiger partial charge is 0.339 e. The molecule has 8 heteroatoms. The Hall–Kier alpha value is -2.64. The summed E-state index contributed by atoms with van der Waals surface area (Å²) in [5, 5.41) is 11.6. The van der Waals surface area contributed by atoms with Crippen molar-refractivity contribution in [3.8, 4) is 0 Å². The van der Waals surface area contributed by atoms with Gasteiger partial charge in [-0.2, -0.15) is 4.39 Å². The molecule has 0 bridgehead atoms. The van der Waals surface area contributed by atoms with Crippen LogP contribution in [-0.2, 0) is 0 Å². The molecule has 116 valence electrons. The molecule has 0 atom stereocenters. The van der Waals surface area contributed by atoms with Crippen LogP contribution >= 0.6 is 0 Å². The van der Waals surface area contributed by atoms with Crippen molar-refractivity contribution < 1.29 is 18.7 Å². The number of rotatable bonds is 4. The van der Waals surface area contributed by atoms with Gasteiger partial charge in [-0.15, -0.1) is 0 Å². The molecular formula is C15H11BF2N2O3. The number of hydrogen-bond acceptors (Lipinski definition) is 3. The molecule has 2 radical (unpaired) electrons. The van der Waals surface area contributed by atoms with Crippen LogP contribution in [0.3, 0.4) is 0 Å². The van der Waals surface area contributed by atoms with E-state index in [1.165, 1.54) is 12.1 Å². The number of anilines is 2. The van der Waals surface area contributed by atoms with Crippen molar-refractivity contribution in [3.63, 3.8) is 0 Å². The second kappa shape index (κ2) is 5.53. The van der Waals surface area contributed by atoms with Crippen molar-refractivity contribution >= 4 is 30.7 Å². The van der Waals surface area contributed by atoms with Gasteiger partial charge < -0.3 is 15.0 Å². The van der Waals surface area contributed by atoms with E-state index in [4.69, 9.17) is 7.85 Å². The van der Waals surface area contributed by atoms with E-state index in [-0.39, 0.29) is 17.2 Å². The summed E-state index contributed by atoms with van der Waals surface area (Å²) in [6, 6.07) is 3.43. The van der Waals surface area contributed by atoms with Crippen LogP contribution in [0.1, 0.15) is 29.2 Å². The van der Waals surface area contributed by atoms with E-state index < -0.39 is 34.4 Å². The molecule has 1 aromatic carbocycles. The maximum atomic E-state index is 14.4. The fourth-order valence-corrected chi connectivity index (χ4v) is 2.28. The number of carboxylic acid groups (broad SMARTS) is 1. The number of nitrogens with one attached hydrogen (secondary N) is 1. The SMILES string of the molecule is [B]c1ccc(Nc2c(C(=O)O)cn(C3CC3)c(=O)c2F)c(F)c1. The first-order valence-electron chi connectivity index (χ1n) is 6.88. The van der Waals surface area contributed by atoms with Crippen LogP contribution < -0.4 is 16.3 Å². The Labute approximate surface area is 131 Å². The Balaban J connectivity index is 2.12. The monoisotopic (exact) mass is 316 g/mol. The lowest BCUT2D eigenvalue weighted by molar-refractivity contribution is 0.0696. The number of carboxylic acids is 1. The molecular weight excluding hydrogens is 305 g/mol. The van der Waals surface area contributed by atoms with Gasteiger partial charge in [-0.25, -0.2) is 9.18 Å². The second-order valence-corrected chi connectivity index (χ2v) is 5.34. The highest BCUT2D eigenvalue weighted by Gasteiger charge is 2.29. The summed E-state index contributed by atoms with van der Waals surface area (Å²) in [5.74, 6) is -3.46. The summed E-state index contributed by atoms with van der Waals surface area (Å²) in [7, 11) is 5.42. The van der Waals surface area contributed by atoms with Gasteiger partial charge in [0.15, 0.2) is 0 Å². The van der Waals surface area contributed by atoms with Gasteiger partial charge in [-0.05, 0) is 25.0 Å². The number of benzene rings is 1. The summed E-state index contributed by atoms with van der Waals surface area (Å²) < 4.78 is 29.3. The zero-order chi connectivity index (χ0) is 16.7. The van der Waals surface area contributed by atoms with Gasteiger partial charge in [-0.1, -0.05) is 11.5 Å². The molecule has 0 unspecified atom stereocenters. The van der Waals surface area contributed by atoms with Gasteiger partial charge in [0, 0.05) is 12.2 Å². The van der Waals surface area contributed by atoms with E-state index >= 15 is 0 Å². The topological polar surface area (TPSA) is 71.3 Å². The molecule has 2 N–H and O–H groups in total. The lowest BCUT2D eigenvalue weighted by Gasteiger charge is -2.14. The zero-order valence-electron chi connectivity index (χ0n) is 11.8. The maximum Gasteiger partial charge on any atom is 0.339 e. The lowest BCUT2D eigenvalue weighted by atomic mass is 9.96. The molecule has 0 aliphatic heterocycles. The van der Waals surface area contributed by atoms with Crippen molar-refractivity contribution in [2.75, 3.05) is 5.32 Å². The molecule has 23 heavy (non-hydrogen) atoms. The Morgan fingerprint density at radius 3 is 2.61 bits per heavy atom. The van der Waals surface area contributed by atoms with Crippen LogP contribution in [0.4, 0.5) is 20.2 Å². The Bertz CT molecular complexity index is 863. The van der Waals surface area contributed by atoms with Crippen molar-refractivity contribution in [3.05, 3.63) is 51.9 Å². The quantitative estimate of drug-likeness (QED) is 0.842. The molecule has 3 rings (SSSR count). The summed E-state index contributed by atoms with van der Waals surface area (Å²) in [4.78, 5) is 23.4. The van der Waals surface area contributed by atoms with Gasteiger partial charge in [0.25, 0.3) is 5.56 Å². The molecule has 1 aliphatic rings. The van der Waals surface area contributed by atoms with Gasteiger partial charge in [-0.3, -0.25) is 4.79 Å². The molecule has 0 amide bonds.